The lowest BCUT2D eigenvalue weighted by atomic mass is 10.1. The Bertz CT molecular complexity index is 573. The van der Waals surface area contributed by atoms with E-state index >= 15 is 0 Å². The first kappa shape index (κ1) is 18.3. The van der Waals surface area contributed by atoms with Gasteiger partial charge in [-0.3, -0.25) is 9.59 Å². The highest BCUT2D eigenvalue weighted by atomic mass is 16.5. The minimum Gasteiger partial charge on any atom is -0.482 e. The van der Waals surface area contributed by atoms with Crippen molar-refractivity contribution in [2.24, 2.45) is 0 Å². The monoisotopic (exact) mass is 332 g/mol. The fourth-order valence-electron chi connectivity index (χ4n) is 2.89. The highest BCUT2D eigenvalue weighted by Gasteiger charge is 2.26. The molecule has 0 aliphatic carbocycles. The molecule has 0 aromatic heterocycles. The Kier molecular flexibility index (Phi) is 6.64. The Balaban J connectivity index is 2.03. The van der Waals surface area contributed by atoms with E-state index in [2.05, 4.69) is 20.8 Å². The van der Waals surface area contributed by atoms with Crippen molar-refractivity contribution in [1.82, 2.24) is 4.90 Å². The van der Waals surface area contributed by atoms with Crippen LogP contribution in [0.3, 0.4) is 0 Å². The lowest BCUT2D eigenvalue weighted by Gasteiger charge is -2.32. The van der Waals surface area contributed by atoms with Crippen molar-refractivity contribution >= 4 is 17.5 Å². The molecule has 0 spiro atoms. The maximum Gasteiger partial charge on any atom is 0.265 e. The molecular weight excluding hydrogens is 304 g/mol. The Morgan fingerprint density at radius 2 is 2.08 bits per heavy atom. The first-order valence-corrected chi connectivity index (χ1v) is 8.90. The molecule has 132 valence electrons. The minimum absolute atomic E-state index is 0.0378. The highest BCUT2D eigenvalue weighted by molar-refractivity contribution is 5.98. The van der Waals surface area contributed by atoms with Gasteiger partial charge < -0.3 is 14.5 Å². The number of carbonyl (C=O) groups excluding carboxylic acids is 2. The lowest BCUT2D eigenvalue weighted by Crippen LogP contribution is -2.43. The van der Waals surface area contributed by atoms with Crippen molar-refractivity contribution in [3.8, 4) is 5.75 Å². The molecule has 5 nitrogen and oxygen atoms in total. The molecule has 0 saturated carbocycles. The molecule has 0 saturated heterocycles. The first-order chi connectivity index (χ1) is 11.6. The van der Waals surface area contributed by atoms with Gasteiger partial charge in [0, 0.05) is 25.6 Å². The summed E-state index contributed by atoms with van der Waals surface area (Å²) in [5, 5.41) is 0. The molecule has 5 heteroatoms. The van der Waals surface area contributed by atoms with E-state index in [0.29, 0.717) is 18.7 Å². The topological polar surface area (TPSA) is 49.9 Å². The van der Waals surface area contributed by atoms with Crippen LogP contribution in [0.4, 0.5) is 5.69 Å². The molecule has 0 radical (unpaired) electrons. The van der Waals surface area contributed by atoms with Gasteiger partial charge in [0.1, 0.15) is 5.75 Å². The number of carbonyl (C=O) groups is 2. The van der Waals surface area contributed by atoms with E-state index < -0.39 is 0 Å². The zero-order valence-electron chi connectivity index (χ0n) is 15.0. The van der Waals surface area contributed by atoms with Crippen molar-refractivity contribution in [1.29, 1.82) is 0 Å². The third-order valence-corrected chi connectivity index (χ3v) is 4.55. The fraction of sp³-hybridized carbons (Fsp3) is 0.579. The molecule has 0 fully saturated rings. The normalized spacial score (nSPS) is 14.8. The summed E-state index contributed by atoms with van der Waals surface area (Å²) in [4.78, 5) is 28.5. The van der Waals surface area contributed by atoms with Crippen LogP contribution in [-0.2, 0) is 9.59 Å². The number of unbranched alkanes of at least 4 members (excludes halogenated alkanes) is 1. The number of benzene rings is 1. The van der Waals surface area contributed by atoms with Crippen LogP contribution in [0.1, 0.15) is 46.5 Å². The SMILES string of the molecule is CCCCN(C(=O)CCN1C(=O)COc2ccccc21)C(C)CC. The van der Waals surface area contributed by atoms with Crippen LogP contribution in [0, 0.1) is 0 Å². The summed E-state index contributed by atoms with van der Waals surface area (Å²) < 4.78 is 5.44. The molecule has 1 aliphatic heterocycles. The molecule has 2 amide bonds. The van der Waals surface area contributed by atoms with Gasteiger partial charge in [-0.1, -0.05) is 32.4 Å². The minimum atomic E-state index is -0.0925. The molecule has 1 aromatic carbocycles. The zero-order valence-corrected chi connectivity index (χ0v) is 15.0. The quantitative estimate of drug-likeness (QED) is 0.734. The highest BCUT2D eigenvalue weighted by Crippen LogP contribution is 2.31. The molecule has 1 atom stereocenters. The van der Waals surface area contributed by atoms with Gasteiger partial charge in [-0.2, -0.15) is 0 Å². The Hall–Kier alpha value is -2.04. The summed E-state index contributed by atoms with van der Waals surface area (Å²) in [5.41, 5.74) is 0.755. The van der Waals surface area contributed by atoms with Gasteiger partial charge in [0.25, 0.3) is 5.91 Å². The second kappa shape index (κ2) is 8.71. The number of fused-ring (bicyclic) bond motifs is 1. The molecule has 1 heterocycles. The van der Waals surface area contributed by atoms with Crippen LogP contribution in [-0.4, -0.2) is 42.5 Å². The molecule has 1 aromatic rings. The van der Waals surface area contributed by atoms with E-state index in [4.69, 9.17) is 4.74 Å². The number of amides is 2. The number of para-hydroxylation sites is 2. The van der Waals surface area contributed by atoms with Crippen LogP contribution >= 0.6 is 0 Å². The summed E-state index contributed by atoms with van der Waals surface area (Å²) in [6, 6.07) is 7.70. The standard InChI is InChI=1S/C19H28N2O3/c1-4-6-12-20(15(3)5-2)18(22)11-13-21-16-9-7-8-10-17(16)24-14-19(21)23/h7-10,15H,4-6,11-14H2,1-3H3. The summed E-state index contributed by atoms with van der Waals surface area (Å²) in [6.07, 6.45) is 3.35. The number of nitrogens with zero attached hydrogens (tertiary/aromatic N) is 2. The smallest absolute Gasteiger partial charge is 0.265 e. The van der Waals surface area contributed by atoms with Crippen molar-refractivity contribution < 1.29 is 14.3 Å². The van der Waals surface area contributed by atoms with Crippen LogP contribution in [0.15, 0.2) is 24.3 Å². The molecule has 0 bridgehead atoms. The Morgan fingerprint density at radius 3 is 2.79 bits per heavy atom. The average Bonchev–Trinajstić information content (AvgIpc) is 2.60. The number of rotatable bonds is 8. The molecule has 24 heavy (non-hydrogen) atoms. The number of hydrogen-bond donors (Lipinski definition) is 0. The Labute approximate surface area is 144 Å². The van der Waals surface area contributed by atoms with E-state index in [1.807, 2.05) is 29.2 Å². The number of ether oxygens (including phenoxy) is 1. The van der Waals surface area contributed by atoms with Crippen molar-refractivity contribution in [3.63, 3.8) is 0 Å². The van der Waals surface area contributed by atoms with E-state index in [0.717, 1.165) is 31.5 Å². The van der Waals surface area contributed by atoms with Crippen molar-refractivity contribution in [2.75, 3.05) is 24.6 Å². The van der Waals surface area contributed by atoms with Gasteiger partial charge in [0.05, 0.1) is 5.69 Å². The second-order valence-corrected chi connectivity index (χ2v) is 6.25. The van der Waals surface area contributed by atoms with Crippen molar-refractivity contribution in [3.05, 3.63) is 24.3 Å². The van der Waals surface area contributed by atoms with E-state index in [-0.39, 0.29) is 24.5 Å². The van der Waals surface area contributed by atoms with Crippen LogP contribution < -0.4 is 9.64 Å². The molecule has 1 aliphatic rings. The van der Waals surface area contributed by atoms with Gasteiger partial charge in [-0.25, -0.2) is 0 Å². The van der Waals surface area contributed by atoms with Gasteiger partial charge >= 0.3 is 0 Å². The summed E-state index contributed by atoms with van der Waals surface area (Å²) in [5.74, 6) is 0.731. The van der Waals surface area contributed by atoms with E-state index in [1.54, 1.807) is 4.90 Å². The van der Waals surface area contributed by atoms with Crippen molar-refractivity contribution in [2.45, 2.75) is 52.5 Å². The molecule has 0 N–H and O–H groups in total. The van der Waals surface area contributed by atoms with Crippen LogP contribution in [0.2, 0.25) is 0 Å². The maximum atomic E-state index is 12.7. The third kappa shape index (κ3) is 4.28. The Morgan fingerprint density at radius 1 is 1.33 bits per heavy atom. The fourth-order valence-corrected chi connectivity index (χ4v) is 2.89. The molecular formula is C19H28N2O3. The first-order valence-electron chi connectivity index (χ1n) is 8.90. The summed E-state index contributed by atoms with van der Waals surface area (Å²) in [6.45, 7) is 7.54. The number of hydrogen-bond acceptors (Lipinski definition) is 3. The number of anilines is 1. The second-order valence-electron chi connectivity index (χ2n) is 6.25. The third-order valence-electron chi connectivity index (χ3n) is 4.55. The van der Waals surface area contributed by atoms with Gasteiger partial charge in [0.15, 0.2) is 6.61 Å². The predicted octanol–water partition coefficient (Wildman–Crippen LogP) is 3.23. The van der Waals surface area contributed by atoms with Gasteiger partial charge in [-0.05, 0) is 31.9 Å². The predicted molar refractivity (Wildman–Crippen MR) is 95.3 cm³/mol. The van der Waals surface area contributed by atoms with E-state index in [9.17, 15) is 9.59 Å². The maximum absolute atomic E-state index is 12.7. The largest absolute Gasteiger partial charge is 0.482 e. The van der Waals surface area contributed by atoms with Gasteiger partial charge in [0.2, 0.25) is 5.91 Å². The molecule has 2 rings (SSSR count). The summed E-state index contributed by atoms with van der Waals surface area (Å²) >= 11 is 0. The van der Waals surface area contributed by atoms with Crippen LogP contribution in [0.25, 0.3) is 0 Å². The van der Waals surface area contributed by atoms with Crippen LogP contribution in [0.5, 0.6) is 5.75 Å². The summed E-state index contributed by atoms with van der Waals surface area (Å²) in [7, 11) is 0. The zero-order chi connectivity index (χ0) is 17.5. The van der Waals surface area contributed by atoms with E-state index in [1.165, 1.54) is 0 Å². The lowest BCUT2D eigenvalue weighted by molar-refractivity contribution is -0.133. The van der Waals surface area contributed by atoms with Gasteiger partial charge in [-0.15, -0.1) is 0 Å². The average molecular weight is 332 g/mol. The molecule has 1 unspecified atom stereocenters.